The molecule has 2 rings (SSSR count). The average molecular weight is 239 g/mol. The number of nitrogens with one attached hydrogen (secondary N) is 1. The molecule has 1 aliphatic rings. The Morgan fingerprint density at radius 3 is 2.71 bits per heavy atom. The maximum absolute atomic E-state index is 13.4. The molecule has 0 aliphatic heterocycles. The van der Waals surface area contributed by atoms with E-state index >= 15 is 0 Å². The quantitative estimate of drug-likeness (QED) is 0.848. The lowest BCUT2D eigenvalue weighted by Crippen LogP contribution is -2.36. The number of halogens is 2. The highest BCUT2D eigenvalue weighted by molar-refractivity contribution is 5.19. The van der Waals surface area contributed by atoms with Crippen molar-refractivity contribution >= 4 is 0 Å². The summed E-state index contributed by atoms with van der Waals surface area (Å²) in [4.78, 5) is 0. The van der Waals surface area contributed by atoms with Crippen LogP contribution in [-0.2, 0) is 6.42 Å². The van der Waals surface area contributed by atoms with Crippen molar-refractivity contribution < 1.29 is 8.78 Å². The molecule has 0 radical (unpaired) electrons. The summed E-state index contributed by atoms with van der Waals surface area (Å²) in [6, 6.07) is 4.40. The molecule has 1 fully saturated rings. The maximum atomic E-state index is 13.4. The van der Waals surface area contributed by atoms with Crippen LogP contribution in [0.15, 0.2) is 18.2 Å². The van der Waals surface area contributed by atoms with E-state index in [9.17, 15) is 8.78 Å². The second-order valence-corrected chi connectivity index (χ2v) is 4.99. The van der Waals surface area contributed by atoms with E-state index in [-0.39, 0.29) is 17.7 Å². The summed E-state index contributed by atoms with van der Waals surface area (Å²) in [6.07, 6.45) is 5.50. The minimum Gasteiger partial charge on any atom is -0.311 e. The Kier molecular flexibility index (Phi) is 4.11. The molecule has 1 nitrogen and oxygen atoms in total. The number of benzene rings is 1. The Morgan fingerprint density at radius 2 is 2.00 bits per heavy atom. The predicted molar refractivity (Wildman–Crippen MR) is 64.9 cm³/mol. The Balaban J connectivity index is 1.92. The lowest BCUT2D eigenvalue weighted by atomic mass is 10.1. The topological polar surface area (TPSA) is 12.0 Å². The van der Waals surface area contributed by atoms with Crippen molar-refractivity contribution in [2.24, 2.45) is 0 Å². The first-order valence-electron chi connectivity index (χ1n) is 6.35. The van der Waals surface area contributed by atoms with Crippen LogP contribution in [-0.4, -0.2) is 12.1 Å². The molecule has 3 heteroatoms. The average Bonchev–Trinajstić information content (AvgIpc) is 2.76. The minimum absolute atomic E-state index is 0.189. The molecule has 1 saturated carbocycles. The normalized spacial score (nSPS) is 18.5. The lowest BCUT2D eigenvalue weighted by molar-refractivity contribution is 0.442. The van der Waals surface area contributed by atoms with Crippen molar-refractivity contribution in [2.45, 2.75) is 51.1 Å². The van der Waals surface area contributed by atoms with Crippen molar-refractivity contribution in [1.29, 1.82) is 0 Å². The molecule has 1 aliphatic carbocycles. The van der Waals surface area contributed by atoms with Crippen LogP contribution in [0, 0.1) is 11.6 Å². The van der Waals surface area contributed by atoms with Crippen molar-refractivity contribution in [2.75, 3.05) is 0 Å². The van der Waals surface area contributed by atoms with Gasteiger partial charge in [0, 0.05) is 12.1 Å². The van der Waals surface area contributed by atoms with Gasteiger partial charge in [0.1, 0.15) is 11.6 Å². The summed E-state index contributed by atoms with van der Waals surface area (Å²) >= 11 is 0. The fourth-order valence-corrected chi connectivity index (χ4v) is 2.58. The monoisotopic (exact) mass is 239 g/mol. The second kappa shape index (κ2) is 5.58. The van der Waals surface area contributed by atoms with Gasteiger partial charge >= 0.3 is 0 Å². The van der Waals surface area contributed by atoms with Gasteiger partial charge < -0.3 is 5.32 Å². The maximum Gasteiger partial charge on any atom is 0.126 e. The summed E-state index contributed by atoms with van der Waals surface area (Å²) in [5.41, 5.74) is 0.461. The van der Waals surface area contributed by atoms with E-state index in [1.165, 1.54) is 37.8 Å². The zero-order chi connectivity index (χ0) is 12.3. The van der Waals surface area contributed by atoms with Gasteiger partial charge in [-0.3, -0.25) is 0 Å². The first-order valence-corrected chi connectivity index (χ1v) is 6.35. The summed E-state index contributed by atoms with van der Waals surface area (Å²) in [7, 11) is 0. The molecule has 1 unspecified atom stereocenters. The van der Waals surface area contributed by atoms with Crippen LogP contribution in [0.2, 0.25) is 0 Å². The largest absolute Gasteiger partial charge is 0.311 e. The van der Waals surface area contributed by atoms with E-state index in [1.54, 1.807) is 0 Å². The summed E-state index contributed by atoms with van der Waals surface area (Å²) in [6.45, 7) is 2.03. The molecular formula is C14H19F2N. The third-order valence-electron chi connectivity index (χ3n) is 3.41. The summed E-state index contributed by atoms with van der Waals surface area (Å²) < 4.78 is 26.5. The molecule has 1 N–H and O–H groups in total. The van der Waals surface area contributed by atoms with Crippen LogP contribution >= 0.6 is 0 Å². The van der Waals surface area contributed by atoms with E-state index < -0.39 is 0 Å². The highest BCUT2D eigenvalue weighted by atomic mass is 19.1. The van der Waals surface area contributed by atoms with Gasteiger partial charge in [0.15, 0.2) is 0 Å². The molecule has 0 saturated heterocycles. The molecule has 17 heavy (non-hydrogen) atoms. The van der Waals surface area contributed by atoms with Crippen molar-refractivity contribution in [3.05, 3.63) is 35.4 Å². The number of rotatable bonds is 4. The van der Waals surface area contributed by atoms with E-state index in [0.717, 1.165) is 6.07 Å². The third-order valence-corrected chi connectivity index (χ3v) is 3.41. The van der Waals surface area contributed by atoms with Crippen LogP contribution in [0.3, 0.4) is 0 Å². The van der Waals surface area contributed by atoms with Gasteiger partial charge in [-0.15, -0.1) is 0 Å². The van der Waals surface area contributed by atoms with Gasteiger partial charge in [0.05, 0.1) is 0 Å². The molecule has 0 amide bonds. The van der Waals surface area contributed by atoms with E-state index in [4.69, 9.17) is 0 Å². The van der Waals surface area contributed by atoms with E-state index in [1.807, 2.05) is 6.92 Å². The Hall–Kier alpha value is -0.960. The zero-order valence-electron chi connectivity index (χ0n) is 10.2. The van der Waals surface area contributed by atoms with Gasteiger partial charge in [-0.25, -0.2) is 8.78 Å². The van der Waals surface area contributed by atoms with Gasteiger partial charge in [-0.2, -0.15) is 0 Å². The SMILES string of the molecule is CC(Cc1cc(F)ccc1F)NC1CCCC1. The second-order valence-electron chi connectivity index (χ2n) is 4.99. The highest BCUT2D eigenvalue weighted by Gasteiger charge is 2.17. The summed E-state index contributed by atoms with van der Waals surface area (Å²) in [5.74, 6) is -0.680. The van der Waals surface area contributed by atoms with Gasteiger partial charge in [-0.1, -0.05) is 12.8 Å². The van der Waals surface area contributed by atoms with E-state index in [2.05, 4.69) is 5.32 Å². The van der Waals surface area contributed by atoms with Crippen LogP contribution in [0.1, 0.15) is 38.2 Å². The molecule has 1 atom stereocenters. The number of hydrogen-bond acceptors (Lipinski definition) is 1. The molecule has 94 valence electrons. The molecule has 0 spiro atoms. The Bertz CT molecular complexity index is 372. The highest BCUT2D eigenvalue weighted by Crippen LogP contribution is 2.19. The van der Waals surface area contributed by atoms with Crippen molar-refractivity contribution in [1.82, 2.24) is 5.32 Å². The fraction of sp³-hybridized carbons (Fsp3) is 0.571. The fourth-order valence-electron chi connectivity index (χ4n) is 2.58. The molecule has 1 aromatic rings. The van der Waals surface area contributed by atoms with Crippen LogP contribution in [0.5, 0.6) is 0 Å². The number of hydrogen-bond donors (Lipinski definition) is 1. The Morgan fingerprint density at radius 1 is 1.29 bits per heavy atom. The van der Waals surface area contributed by atoms with Crippen LogP contribution < -0.4 is 5.32 Å². The molecule has 0 aromatic heterocycles. The minimum atomic E-state index is -0.366. The summed E-state index contributed by atoms with van der Waals surface area (Å²) in [5, 5.41) is 3.48. The van der Waals surface area contributed by atoms with Crippen molar-refractivity contribution in [3.63, 3.8) is 0 Å². The first-order chi connectivity index (χ1) is 8.15. The van der Waals surface area contributed by atoms with Gasteiger partial charge in [0.25, 0.3) is 0 Å². The van der Waals surface area contributed by atoms with Gasteiger partial charge in [0.2, 0.25) is 0 Å². The standard InChI is InChI=1S/C14H19F2N/c1-10(17-13-4-2-3-5-13)8-11-9-12(15)6-7-14(11)16/h6-7,9-10,13,17H,2-5,8H2,1H3. The molecular weight excluding hydrogens is 220 g/mol. The van der Waals surface area contributed by atoms with Crippen molar-refractivity contribution in [3.8, 4) is 0 Å². The third kappa shape index (κ3) is 3.50. The molecule has 0 bridgehead atoms. The zero-order valence-corrected chi connectivity index (χ0v) is 10.2. The molecule has 0 heterocycles. The predicted octanol–water partition coefficient (Wildman–Crippen LogP) is 3.43. The first kappa shape index (κ1) is 12.5. The van der Waals surface area contributed by atoms with Crippen LogP contribution in [0.25, 0.3) is 0 Å². The van der Waals surface area contributed by atoms with E-state index in [0.29, 0.717) is 18.0 Å². The van der Waals surface area contributed by atoms with Gasteiger partial charge in [-0.05, 0) is 49.9 Å². The lowest BCUT2D eigenvalue weighted by Gasteiger charge is -2.19. The smallest absolute Gasteiger partial charge is 0.126 e. The molecule has 1 aromatic carbocycles. The van der Waals surface area contributed by atoms with Crippen LogP contribution in [0.4, 0.5) is 8.78 Å². The Labute approximate surface area is 101 Å².